The summed E-state index contributed by atoms with van der Waals surface area (Å²) in [6.45, 7) is 6.41. The maximum Gasteiger partial charge on any atom is 0.222 e. The van der Waals surface area contributed by atoms with Crippen molar-refractivity contribution in [3.8, 4) is 0 Å². The molecule has 0 spiro atoms. The molecular formula is C22H36N2O2. The lowest BCUT2D eigenvalue weighted by atomic mass is 10.1. The lowest BCUT2D eigenvalue weighted by molar-refractivity contribution is -0.132. The molecule has 1 rings (SSSR count). The van der Waals surface area contributed by atoms with Gasteiger partial charge in [-0.3, -0.25) is 9.59 Å². The molecule has 4 nitrogen and oxygen atoms in total. The van der Waals surface area contributed by atoms with Crippen LogP contribution in [-0.4, -0.2) is 36.3 Å². The molecule has 2 amide bonds. The Kier molecular flexibility index (Phi) is 12.2. The number of amides is 2. The van der Waals surface area contributed by atoms with Crippen LogP contribution in [0.3, 0.4) is 0 Å². The summed E-state index contributed by atoms with van der Waals surface area (Å²) in [5.41, 5.74) is 1.23. The molecule has 4 heteroatoms. The number of rotatable bonds is 14. The summed E-state index contributed by atoms with van der Waals surface area (Å²) in [5, 5.41) is 2.97. The zero-order chi connectivity index (χ0) is 19.0. The summed E-state index contributed by atoms with van der Waals surface area (Å²) >= 11 is 0. The molecule has 0 aliphatic heterocycles. The van der Waals surface area contributed by atoms with Crippen LogP contribution >= 0.6 is 0 Å². The summed E-state index contributed by atoms with van der Waals surface area (Å²) in [5.74, 6) is 0.320. The van der Waals surface area contributed by atoms with Crippen molar-refractivity contribution in [3.63, 3.8) is 0 Å². The van der Waals surface area contributed by atoms with E-state index in [-0.39, 0.29) is 11.8 Å². The summed E-state index contributed by atoms with van der Waals surface area (Å²) in [6.07, 6.45) is 8.17. The average Bonchev–Trinajstić information content (AvgIpc) is 2.65. The molecule has 0 saturated carbocycles. The van der Waals surface area contributed by atoms with Crippen molar-refractivity contribution in [2.75, 3.05) is 19.6 Å². The number of hydrogen-bond acceptors (Lipinski definition) is 2. The Morgan fingerprint density at radius 1 is 0.885 bits per heavy atom. The fourth-order valence-corrected chi connectivity index (χ4v) is 3.00. The van der Waals surface area contributed by atoms with Crippen LogP contribution in [-0.2, 0) is 16.0 Å². The number of unbranched alkanes of at least 4 members (excludes halogenated alkanes) is 3. The van der Waals surface area contributed by atoms with Gasteiger partial charge in [-0.2, -0.15) is 0 Å². The summed E-state index contributed by atoms with van der Waals surface area (Å²) in [7, 11) is 0. The second kappa shape index (κ2) is 14.3. The Balaban J connectivity index is 2.19. The Bertz CT molecular complexity index is 502. The molecule has 0 heterocycles. The average molecular weight is 361 g/mol. The molecule has 0 aromatic heterocycles. The normalized spacial score (nSPS) is 10.5. The number of nitrogens with one attached hydrogen (secondary N) is 1. The maximum absolute atomic E-state index is 12.3. The van der Waals surface area contributed by atoms with E-state index < -0.39 is 0 Å². The van der Waals surface area contributed by atoms with Gasteiger partial charge in [0.15, 0.2) is 0 Å². The second-order valence-corrected chi connectivity index (χ2v) is 6.88. The van der Waals surface area contributed by atoms with Crippen molar-refractivity contribution >= 4 is 11.8 Å². The molecule has 0 aliphatic rings. The highest BCUT2D eigenvalue weighted by molar-refractivity contribution is 5.77. The van der Waals surface area contributed by atoms with Crippen LogP contribution in [0.5, 0.6) is 0 Å². The Labute approximate surface area is 159 Å². The van der Waals surface area contributed by atoms with Gasteiger partial charge in [-0.1, -0.05) is 63.4 Å². The van der Waals surface area contributed by atoms with Crippen LogP contribution < -0.4 is 5.32 Å². The first-order valence-electron chi connectivity index (χ1n) is 10.3. The van der Waals surface area contributed by atoms with Crippen molar-refractivity contribution in [3.05, 3.63) is 35.9 Å². The van der Waals surface area contributed by atoms with E-state index in [4.69, 9.17) is 0 Å². The van der Waals surface area contributed by atoms with Crippen molar-refractivity contribution < 1.29 is 9.59 Å². The van der Waals surface area contributed by atoms with E-state index in [1.165, 1.54) is 18.4 Å². The molecule has 0 saturated heterocycles. The van der Waals surface area contributed by atoms with Gasteiger partial charge in [0.05, 0.1) is 0 Å². The van der Waals surface area contributed by atoms with Crippen molar-refractivity contribution in [1.82, 2.24) is 10.2 Å². The lowest BCUT2D eigenvalue weighted by Crippen LogP contribution is -2.33. The molecule has 1 N–H and O–H groups in total. The fraction of sp³-hybridized carbons (Fsp3) is 0.636. The van der Waals surface area contributed by atoms with E-state index in [0.29, 0.717) is 25.9 Å². The maximum atomic E-state index is 12.3. The SMILES string of the molecule is CCCCCCC(=O)N(CCC)CCCC(=O)NCCc1ccccc1. The first-order chi connectivity index (χ1) is 12.7. The summed E-state index contributed by atoms with van der Waals surface area (Å²) < 4.78 is 0. The highest BCUT2D eigenvalue weighted by Gasteiger charge is 2.12. The molecule has 1 aromatic carbocycles. The Hall–Kier alpha value is -1.84. The Morgan fingerprint density at radius 2 is 1.65 bits per heavy atom. The van der Waals surface area contributed by atoms with E-state index in [2.05, 4.69) is 31.3 Å². The molecule has 0 unspecified atom stereocenters. The van der Waals surface area contributed by atoms with Crippen LogP contribution in [0.2, 0.25) is 0 Å². The van der Waals surface area contributed by atoms with Gasteiger partial charge >= 0.3 is 0 Å². The van der Waals surface area contributed by atoms with Gasteiger partial charge < -0.3 is 10.2 Å². The molecule has 0 atom stereocenters. The number of carbonyl (C=O) groups excluding carboxylic acids is 2. The van der Waals surface area contributed by atoms with Gasteiger partial charge in [0.25, 0.3) is 0 Å². The number of carbonyl (C=O) groups is 2. The van der Waals surface area contributed by atoms with Gasteiger partial charge in [0, 0.05) is 32.5 Å². The fourth-order valence-electron chi connectivity index (χ4n) is 3.00. The number of hydrogen-bond donors (Lipinski definition) is 1. The predicted molar refractivity (Wildman–Crippen MR) is 108 cm³/mol. The summed E-state index contributed by atoms with van der Waals surface area (Å²) in [4.78, 5) is 26.2. The lowest BCUT2D eigenvalue weighted by Gasteiger charge is -2.22. The topological polar surface area (TPSA) is 49.4 Å². The van der Waals surface area contributed by atoms with Crippen molar-refractivity contribution in [2.24, 2.45) is 0 Å². The standard InChI is InChI=1S/C22H36N2O2/c1-3-5-6-10-15-22(26)24(18-4-2)19-11-14-21(25)23-17-16-20-12-8-7-9-13-20/h7-9,12-13H,3-6,10-11,14-19H2,1-2H3,(H,23,25). The largest absolute Gasteiger partial charge is 0.356 e. The quantitative estimate of drug-likeness (QED) is 0.502. The number of benzene rings is 1. The van der Waals surface area contributed by atoms with E-state index in [1.54, 1.807) is 0 Å². The minimum absolute atomic E-state index is 0.0766. The molecule has 0 aliphatic carbocycles. The molecule has 0 bridgehead atoms. The molecular weight excluding hydrogens is 324 g/mol. The van der Waals surface area contributed by atoms with Crippen LogP contribution in [0.4, 0.5) is 0 Å². The predicted octanol–water partition coefficient (Wildman–Crippen LogP) is 4.33. The van der Waals surface area contributed by atoms with Crippen LogP contribution in [0, 0.1) is 0 Å². The van der Waals surface area contributed by atoms with E-state index in [9.17, 15) is 9.59 Å². The zero-order valence-electron chi connectivity index (χ0n) is 16.6. The monoisotopic (exact) mass is 360 g/mol. The third-order valence-corrected chi connectivity index (χ3v) is 4.50. The molecule has 26 heavy (non-hydrogen) atoms. The molecule has 0 radical (unpaired) electrons. The number of nitrogens with zero attached hydrogens (tertiary/aromatic N) is 1. The minimum Gasteiger partial charge on any atom is -0.356 e. The van der Waals surface area contributed by atoms with Gasteiger partial charge in [-0.15, -0.1) is 0 Å². The first-order valence-corrected chi connectivity index (χ1v) is 10.3. The highest BCUT2D eigenvalue weighted by atomic mass is 16.2. The van der Waals surface area contributed by atoms with E-state index >= 15 is 0 Å². The third kappa shape index (κ3) is 10.2. The van der Waals surface area contributed by atoms with E-state index in [0.717, 1.165) is 38.6 Å². The van der Waals surface area contributed by atoms with Crippen LogP contribution in [0.25, 0.3) is 0 Å². The van der Waals surface area contributed by atoms with Gasteiger partial charge in [-0.25, -0.2) is 0 Å². The van der Waals surface area contributed by atoms with Crippen molar-refractivity contribution in [2.45, 2.75) is 71.6 Å². The van der Waals surface area contributed by atoms with Gasteiger partial charge in [0.1, 0.15) is 0 Å². The zero-order valence-corrected chi connectivity index (χ0v) is 16.6. The first kappa shape index (κ1) is 22.2. The second-order valence-electron chi connectivity index (χ2n) is 6.88. The Morgan fingerprint density at radius 3 is 2.35 bits per heavy atom. The summed E-state index contributed by atoms with van der Waals surface area (Å²) in [6, 6.07) is 10.2. The third-order valence-electron chi connectivity index (χ3n) is 4.50. The smallest absolute Gasteiger partial charge is 0.222 e. The molecule has 0 fully saturated rings. The van der Waals surface area contributed by atoms with Crippen LogP contribution in [0.15, 0.2) is 30.3 Å². The van der Waals surface area contributed by atoms with Gasteiger partial charge in [0.2, 0.25) is 11.8 Å². The van der Waals surface area contributed by atoms with E-state index in [1.807, 2.05) is 23.1 Å². The molecule has 1 aromatic rings. The highest BCUT2D eigenvalue weighted by Crippen LogP contribution is 2.07. The molecule has 146 valence electrons. The van der Waals surface area contributed by atoms with Crippen molar-refractivity contribution in [1.29, 1.82) is 0 Å². The van der Waals surface area contributed by atoms with Crippen LogP contribution in [0.1, 0.15) is 70.8 Å². The van der Waals surface area contributed by atoms with Gasteiger partial charge in [-0.05, 0) is 31.2 Å². The minimum atomic E-state index is 0.0766.